The molecule has 0 atom stereocenters. The van der Waals surface area contributed by atoms with Crippen molar-refractivity contribution >= 4 is 22.4 Å². The summed E-state index contributed by atoms with van der Waals surface area (Å²) in [7, 11) is 0. The summed E-state index contributed by atoms with van der Waals surface area (Å²) in [5, 5.41) is 3.24. The Hall–Kier alpha value is -1.99. The first-order valence-electron chi connectivity index (χ1n) is 10.1. The summed E-state index contributed by atoms with van der Waals surface area (Å²) in [6, 6.07) is 6.18. The van der Waals surface area contributed by atoms with E-state index in [0.717, 1.165) is 36.0 Å². The molecule has 2 aromatic rings. The Kier molecular flexibility index (Phi) is 6.22. The normalized spacial score (nSPS) is 18.5. The Balaban J connectivity index is 1.26. The number of likely N-dealkylation sites (tertiary alicyclic amines) is 1. The Morgan fingerprint density at radius 1 is 1.00 bits per heavy atom. The molecule has 0 saturated carbocycles. The zero-order valence-electron chi connectivity index (χ0n) is 16.1. The van der Waals surface area contributed by atoms with Crippen molar-refractivity contribution in [3.63, 3.8) is 0 Å². The Morgan fingerprint density at radius 3 is 2.43 bits per heavy atom. The molecule has 0 spiro atoms. The van der Waals surface area contributed by atoms with Crippen LogP contribution < -0.4 is 4.90 Å². The second-order valence-corrected chi connectivity index (χ2v) is 8.47. The molecule has 0 bridgehead atoms. The van der Waals surface area contributed by atoms with Crippen LogP contribution in [0.25, 0.3) is 0 Å². The van der Waals surface area contributed by atoms with Gasteiger partial charge in [-0.1, -0.05) is 18.6 Å². The predicted octanol–water partition coefficient (Wildman–Crippen LogP) is 3.16. The Bertz CT molecular complexity index is 780. The number of anilines is 1. The number of piperidine rings is 1. The SMILES string of the molecule is O=C(Cc1ccc(F)cc1)N1CCN(c2nc(CN3CCCCC3)cs2)CC1. The third-order valence-electron chi connectivity index (χ3n) is 5.55. The number of carbonyl (C=O) groups excluding carboxylic acids is 1. The van der Waals surface area contributed by atoms with Crippen molar-refractivity contribution < 1.29 is 9.18 Å². The van der Waals surface area contributed by atoms with Crippen LogP contribution >= 0.6 is 11.3 Å². The number of halogens is 1. The van der Waals surface area contributed by atoms with Gasteiger partial charge in [-0.25, -0.2) is 9.37 Å². The molecular formula is C21H27FN4OS. The molecule has 1 aromatic heterocycles. The number of amides is 1. The van der Waals surface area contributed by atoms with Gasteiger partial charge in [0.05, 0.1) is 12.1 Å². The van der Waals surface area contributed by atoms with Gasteiger partial charge in [-0.05, 0) is 43.6 Å². The minimum Gasteiger partial charge on any atom is -0.345 e. The summed E-state index contributed by atoms with van der Waals surface area (Å²) in [6.45, 7) is 6.36. The van der Waals surface area contributed by atoms with Crippen molar-refractivity contribution in [3.05, 3.63) is 46.7 Å². The smallest absolute Gasteiger partial charge is 0.227 e. The number of carbonyl (C=O) groups is 1. The first kappa shape index (κ1) is 19.3. The molecule has 0 radical (unpaired) electrons. The van der Waals surface area contributed by atoms with Gasteiger partial charge in [-0.3, -0.25) is 9.69 Å². The zero-order valence-corrected chi connectivity index (χ0v) is 17.0. The van der Waals surface area contributed by atoms with E-state index in [2.05, 4.69) is 15.2 Å². The lowest BCUT2D eigenvalue weighted by Gasteiger charge is -2.34. The molecular weight excluding hydrogens is 375 g/mol. The first-order chi connectivity index (χ1) is 13.7. The predicted molar refractivity (Wildman–Crippen MR) is 110 cm³/mol. The van der Waals surface area contributed by atoms with Gasteiger partial charge in [0.25, 0.3) is 0 Å². The molecule has 1 amide bonds. The van der Waals surface area contributed by atoms with Gasteiger partial charge in [0.2, 0.25) is 5.91 Å². The lowest BCUT2D eigenvalue weighted by molar-refractivity contribution is -0.130. The minimum absolute atomic E-state index is 0.108. The molecule has 150 valence electrons. The highest BCUT2D eigenvalue weighted by atomic mass is 32.1. The molecule has 7 heteroatoms. The standard InChI is InChI=1S/C21H27FN4OS/c22-18-6-4-17(5-7-18)14-20(27)25-10-12-26(13-11-25)21-23-19(16-28-21)15-24-8-2-1-3-9-24/h4-7,16H,1-3,8-15H2. The molecule has 5 nitrogen and oxygen atoms in total. The number of nitrogens with zero attached hydrogens (tertiary/aromatic N) is 4. The molecule has 2 aliphatic heterocycles. The average Bonchev–Trinajstić information content (AvgIpc) is 3.19. The summed E-state index contributed by atoms with van der Waals surface area (Å²) in [5.41, 5.74) is 2.02. The fourth-order valence-electron chi connectivity index (χ4n) is 3.90. The highest BCUT2D eigenvalue weighted by Crippen LogP contribution is 2.23. The molecule has 2 aliphatic rings. The number of rotatable bonds is 5. The molecule has 0 N–H and O–H groups in total. The lowest BCUT2D eigenvalue weighted by Crippen LogP contribution is -2.49. The van der Waals surface area contributed by atoms with Crippen molar-refractivity contribution in [1.82, 2.24) is 14.8 Å². The van der Waals surface area contributed by atoms with Crippen LogP contribution in [0, 0.1) is 5.82 Å². The van der Waals surface area contributed by atoms with Crippen LogP contribution in [0.1, 0.15) is 30.5 Å². The van der Waals surface area contributed by atoms with E-state index in [1.54, 1.807) is 23.5 Å². The maximum atomic E-state index is 13.0. The molecule has 0 unspecified atom stereocenters. The minimum atomic E-state index is -0.270. The molecule has 0 aliphatic carbocycles. The van der Waals surface area contributed by atoms with Gasteiger partial charge in [-0.2, -0.15) is 0 Å². The van der Waals surface area contributed by atoms with E-state index in [1.807, 2.05) is 4.90 Å². The average molecular weight is 403 g/mol. The topological polar surface area (TPSA) is 39.7 Å². The fourth-order valence-corrected chi connectivity index (χ4v) is 4.77. The number of hydrogen-bond acceptors (Lipinski definition) is 5. The number of hydrogen-bond donors (Lipinski definition) is 0. The van der Waals surface area contributed by atoms with E-state index in [0.29, 0.717) is 19.5 Å². The number of thiazole rings is 1. The lowest BCUT2D eigenvalue weighted by atomic mass is 10.1. The number of piperazine rings is 1. The van der Waals surface area contributed by atoms with Crippen LogP contribution in [0.4, 0.5) is 9.52 Å². The summed E-state index contributed by atoms with van der Waals surface area (Å²) in [5.74, 6) is -0.163. The fraction of sp³-hybridized carbons (Fsp3) is 0.524. The highest BCUT2D eigenvalue weighted by Gasteiger charge is 2.23. The van der Waals surface area contributed by atoms with Crippen molar-refractivity contribution in [1.29, 1.82) is 0 Å². The van der Waals surface area contributed by atoms with Gasteiger partial charge < -0.3 is 9.80 Å². The van der Waals surface area contributed by atoms with Crippen LogP contribution in [0.15, 0.2) is 29.6 Å². The van der Waals surface area contributed by atoms with Crippen molar-refractivity contribution in [3.8, 4) is 0 Å². The van der Waals surface area contributed by atoms with Crippen LogP contribution in [0.5, 0.6) is 0 Å². The molecule has 2 saturated heterocycles. The van der Waals surface area contributed by atoms with Crippen LogP contribution in [0.2, 0.25) is 0 Å². The van der Waals surface area contributed by atoms with Crippen LogP contribution in [-0.4, -0.2) is 60.0 Å². The van der Waals surface area contributed by atoms with E-state index in [9.17, 15) is 9.18 Å². The van der Waals surface area contributed by atoms with Crippen LogP contribution in [-0.2, 0) is 17.8 Å². The number of benzene rings is 1. The first-order valence-corrected chi connectivity index (χ1v) is 11.0. The van der Waals surface area contributed by atoms with E-state index in [1.165, 1.54) is 44.5 Å². The van der Waals surface area contributed by atoms with Gasteiger partial charge in [-0.15, -0.1) is 11.3 Å². The second kappa shape index (κ2) is 9.01. The van der Waals surface area contributed by atoms with Gasteiger partial charge in [0, 0.05) is 38.1 Å². The van der Waals surface area contributed by atoms with Crippen molar-refractivity contribution in [2.45, 2.75) is 32.2 Å². The third kappa shape index (κ3) is 4.89. The Labute approximate surface area is 169 Å². The van der Waals surface area contributed by atoms with E-state index >= 15 is 0 Å². The summed E-state index contributed by atoms with van der Waals surface area (Å²) in [4.78, 5) is 24.0. The molecule has 4 rings (SSSR count). The molecule has 28 heavy (non-hydrogen) atoms. The molecule has 1 aromatic carbocycles. The van der Waals surface area contributed by atoms with E-state index < -0.39 is 0 Å². The van der Waals surface area contributed by atoms with Crippen molar-refractivity contribution in [2.75, 3.05) is 44.2 Å². The summed E-state index contributed by atoms with van der Waals surface area (Å²) < 4.78 is 13.0. The molecule has 3 heterocycles. The molecule has 2 fully saturated rings. The summed E-state index contributed by atoms with van der Waals surface area (Å²) >= 11 is 1.71. The maximum Gasteiger partial charge on any atom is 0.227 e. The van der Waals surface area contributed by atoms with Crippen LogP contribution in [0.3, 0.4) is 0 Å². The van der Waals surface area contributed by atoms with E-state index in [4.69, 9.17) is 4.98 Å². The van der Waals surface area contributed by atoms with Gasteiger partial charge >= 0.3 is 0 Å². The maximum absolute atomic E-state index is 13.0. The highest BCUT2D eigenvalue weighted by molar-refractivity contribution is 7.13. The Morgan fingerprint density at radius 2 is 1.71 bits per heavy atom. The van der Waals surface area contributed by atoms with Crippen molar-refractivity contribution in [2.24, 2.45) is 0 Å². The largest absolute Gasteiger partial charge is 0.345 e. The second-order valence-electron chi connectivity index (χ2n) is 7.63. The monoisotopic (exact) mass is 402 g/mol. The third-order valence-corrected chi connectivity index (χ3v) is 6.50. The van der Waals surface area contributed by atoms with Gasteiger partial charge in [0.1, 0.15) is 5.82 Å². The zero-order chi connectivity index (χ0) is 19.3. The van der Waals surface area contributed by atoms with E-state index in [-0.39, 0.29) is 11.7 Å². The summed E-state index contributed by atoms with van der Waals surface area (Å²) in [6.07, 6.45) is 4.27. The quantitative estimate of drug-likeness (QED) is 0.770. The van der Waals surface area contributed by atoms with Gasteiger partial charge in [0.15, 0.2) is 5.13 Å². The number of aromatic nitrogens is 1.